The quantitative estimate of drug-likeness (QED) is 0.212. The fraction of sp³-hybridized carbons (Fsp3) is 0.842. The molecule has 0 aliphatic carbocycles. The van der Waals surface area contributed by atoms with Crippen molar-refractivity contribution in [1.82, 2.24) is 10.8 Å². The molecule has 0 aliphatic heterocycles. The van der Waals surface area contributed by atoms with Crippen LogP contribution in [0.25, 0.3) is 0 Å². The Balaban J connectivity index is 4.74. The smallest absolute Gasteiger partial charge is 0.267 e. The molecule has 7 heteroatoms. The molecule has 0 heterocycles. The molecule has 0 aliphatic rings. The summed E-state index contributed by atoms with van der Waals surface area (Å²) in [5.74, 6) is -0.575. The first-order valence-electron chi connectivity index (χ1n) is 9.96. The van der Waals surface area contributed by atoms with E-state index < -0.39 is 21.0 Å². The van der Waals surface area contributed by atoms with Crippen LogP contribution in [0.3, 0.4) is 0 Å². The van der Waals surface area contributed by atoms with Gasteiger partial charge >= 0.3 is 0 Å². The van der Waals surface area contributed by atoms with E-state index in [1.165, 1.54) is 11.6 Å². The highest BCUT2D eigenvalue weighted by Crippen LogP contribution is 2.18. The molecule has 0 radical (unpaired) electrons. The van der Waals surface area contributed by atoms with Gasteiger partial charge in [0.15, 0.2) is 9.84 Å². The van der Waals surface area contributed by atoms with Crippen LogP contribution in [0, 0.1) is 0 Å². The van der Waals surface area contributed by atoms with E-state index in [0.29, 0.717) is 19.3 Å². The molecule has 2 unspecified atom stereocenters. The summed E-state index contributed by atoms with van der Waals surface area (Å²) in [6, 6.07) is 0.259. The van der Waals surface area contributed by atoms with Gasteiger partial charge < -0.3 is 5.32 Å². The molecule has 2 atom stereocenters. The Morgan fingerprint density at radius 3 is 2.23 bits per heavy atom. The van der Waals surface area contributed by atoms with Crippen molar-refractivity contribution in [2.24, 2.45) is 0 Å². The molecule has 0 saturated heterocycles. The molecule has 0 fully saturated rings. The Kier molecular flexibility index (Phi) is 14.6. The third-order valence-electron chi connectivity index (χ3n) is 4.54. The highest BCUT2D eigenvalue weighted by atomic mass is 32.2. The number of nitrogens with one attached hydrogen (secondary N) is 2. The van der Waals surface area contributed by atoms with E-state index in [4.69, 9.17) is 5.21 Å². The van der Waals surface area contributed by atoms with Gasteiger partial charge in [0.05, 0.1) is 11.1 Å². The number of carbonyl (C=O) groups is 1. The number of carbonyl (C=O) groups excluding carboxylic acids is 1. The Morgan fingerprint density at radius 2 is 1.65 bits per heavy atom. The van der Waals surface area contributed by atoms with Gasteiger partial charge in [0.25, 0.3) is 5.91 Å². The van der Waals surface area contributed by atoms with Gasteiger partial charge in [0.2, 0.25) is 0 Å². The van der Waals surface area contributed by atoms with Gasteiger partial charge in [0, 0.05) is 12.1 Å². The van der Waals surface area contributed by atoms with Crippen LogP contribution in [0.5, 0.6) is 0 Å². The Bertz CT molecular complexity index is 492. The van der Waals surface area contributed by atoms with E-state index in [0.717, 1.165) is 44.9 Å². The van der Waals surface area contributed by atoms with E-state index in [2.05, 4.69) is 26.1 Å². The highest BCUT2D eigenvalue weighted by molar-refractivity contribution is 7.91. The van der Waals surface area contributed by atoms with Gasteiger partial charge in [-0.1, -0.05) is 59.0 Å². The molecule has 154 valence electrons. The largest absolute Gasteiger partial charge is 0.301 e. The number of unbranched alkanes of at least 4 members (excludes halogenated alkanes) is 2. The average Bonchev–Trinajstić information content (AvgIpc) is 2.62. The monoisotopic (exact) mass is 390 g/mol. The van der Waals surface area contributed by atoms with Crippen molar-refractivity contribution in [2.75, 3.05) is 5.88 Å². The van der Waals surface area contributed by atoms with E-state index in [1.54, 1.807) is 6.08 Å². The summed E-state index contributed by atoms with van der Waals surface area (Å²) in [4.78, 5) is 11.0. The normalized spacial score (nSPS) is 14.5. The van der Waals surface area contributed by atoms with Crippen molar-refractivity contribution >= 4 is 15.7 Å². The molecule has 0 spiro atoms. The number of hydrogen-bond acceptors (Lipinski definition) is 5. The Hall–Kier alpha value is -0.920. The molecular formula is C19H38N2O4S. The first-order valence-corrected chi connectivity index (χ1v) is 11.7. The zero-order valence-electron chi connectivity index (χ0n) is 16.7. The highest BCUT2D eigenvalue weighted by Gasteiger charge is 2.25. The zero-order chi connectivity index (χ0) is 19.8. The Labute approximate surface area is 159 Å². The van der Waals surface area contributed by atoms with Crippen molar-refractivity contribution in [3.05, 3.63) is 12.2 Å². The fourth-order valence-electron chi connectivity index (χ4n) is 2.94. The lowest BCUT2D eigenvalue weighted by atomic mass is 10.1. The maximum Gasteiger partial charge on any atom is 0.267 e. The van der Waals surface area contributed by atoms with Crippen LogP contribution in [0.2, 0.25) is 0 Å². The summed E-state index contributed by atoms with van der Waals surface area (Å²) in [6.45, 7) is 6.31. The van der Waals surface area contributed by atoms with Gasteiger partial charge in [-0.2, -0.15) is 0 Å². The standard InChI is InChI=1S/C19H38N2O4S/c1-4-7-12-17(11-6-3)20-16-26(24,25)18(13-8-5-2)14-9-10-15-19(22)21-23/h10,15,17-18,20,23H,4-9,11-14,16H2,1-3H3,(H,21,22)/b15-10+. The lowest BCUT2D eigenvalue weighted by Crippen LogP contribution is -2.37. The predicted molar refractivity (Wildman–Crippen MR) is 107 cm³/mol. The van der Waals surface area contributed by atoms with Crippen LogP contribution in [0.1, 0.15) is 85.0 Å². The Morgan fingerprint density at radius 1 is 1.00 bits per heavy atom. The molecule has 0 aromatic heterocycles. The topological polar surface area (TPSA) is 95.5 Å². The number of amides is 1. The zero-order valence-corrected chi connectivity index (χ0v) is 17.5. The summed E-state index contributed by atoms with van der Waals surface area (Å²) >= 11 is 0. The van der Waals surface area contributed by atoms with Crippen LogP contribution < -0.4 is 10.8 Å². The van der Waals surface area contributed by atoms with Gasteiger partial charge in [-0.25, -0.2) is 13.9 Å². The van der Waals surface area contributed by atoms with Gasteiger partial charge in [0.1, 0.15) is 0 Å². The molecule has 1 amide bonds. The number of hydrogen-bond donors (Lipinski definition) is 3. The molecule has 3 N–H and O–H groups in total. The molecule has 6 nitrogen and oxygen atoms in total. The summed E-state index contributed by atoms with van der Waals surface area (Å²) < 4.78 is 25.6. The fourth-order valence-corrected chi connectivity index (χ4v) is 4.67. The third kappa shape index (κ3) is 11.6. The van der Waals surface area contributed by atoms with Gasteiger partial charge in [-0.15, -0.1) is 0 Å². The lowest BCUT2D eigenvalue weighted by molar-refractivity contribution is -0.124. The number of sulfone groups is 1. The van der Waals surface area contributed by atoms with E-state index in [1.807, 2.05) is 0 Å². The van der Waals surface area contributed by atoms with Crippen LogP contribution in [-0.2, 0) is 14.6 Å². The second-order valence-corrected chi connectivity index (χ2v) is 9.14. The summed E-state index contributed by atoms with van der Waals surface area (Å²) in [5.41, 5.74) is 1.53. The summed E-state index contributed by atoms with van der Waals surface area (Å²) in [5, 5.41) is 11.3. The van der Waals surface area contributed by atoms with Crippen molar-refractivity contribution < 1.29 is 18.4 Å². The predicted octanol–water partition coefficient (Wildman–Crippen LogP) is 3.71. The minimum atomic E-state index is -3.23. The minimum Gasteiger partial charge on any atom is -0.301 e. The summed E-state index contributed by atoms with van der Waals surface area (Å²) in [6.07, 6.45) is 11.6. The number of hydroxylamine groups is 1. The van der Waals surface area contributed by atoms with Crippen molar-refractivity contribution in [3.63, 3.8) is 0 Å². The van der Waals surface area contributed by atoms with Crippen molar-refractivity contribution in [3.8, 4) is 0 Å². The first kappa shape index (κ1) is 25.1. The summed E-state index contributed by atoms with van der Waals surface area (Å²) in [7, 11) is -3.23. The molecule has 0 rings (SSSR count). The molecule has 26 heavy (non-hydrogen) atoms. The van der Waals surface area contributed by atoms with Crippen LogP contribution in [-0.4, -0.2) is 36.7 Å². The van der Waals surface area contributed by atoms with E-state index in [-0.39, 0.29) is 11.9 Å². The van der Waals surface area contributed by atoms with Crippen molar-refractivity contribution in [2.45, 2.75) is 96.3 Å². The molecule has 0 aromatic carbocycles. The third-order valence-corrected chi connectivity index (χ3v) is 6.59. The molecule has 0 aromatic rings. The maximum atomic E-state index is 12.8. The van der Waals surface area contributed by atoms with E-state index >= 15 is 0 Å². The van der Waals surface area contributed by atoms with Crippen LogP contribution in [0.15, 0.2) is 12.2 Å². The molecule has 0 saturated carbocycles. The van der Waals surface area contributed by atoms with Gasteiger partial charge in [-0.05, 0) is 32.1 Å². The second kappa shape index (κ2) is 15.2. The minimum absolute atomic E-state index is 0.0244. The lowest BCUT2D eigenvalue weighted by Gasteiger charge is -2.21. The molecular weight excluding hydrogens is 352 g/mol. The maximum absolute atomic E-state index is 12.8. The number of rotatable bonds is 16. The average molecular weight is 391 g/mol. The second-order valence-electron chi connectivity index (χ2n) is 6.86. The first-order chi connectivity index (χ1) is 12.4. The van der Waals surface area contributed by atoms with E-state index in [9.17, 15) is 13.2 Å². The number of allylic oxidation sites excluding steroid dienone is 1. The SMILES string of the molecule is CCCCC(CCC)NCS(=O)(=O)C(CC/C=C/C(=O)NO)CCCC. The van der Waals surface area contributed by atoms with Crippen LogP contribution in [0.4, 0.5) is 0 Å². The molecule has 0 bridgehead atoms. The van der Waals surface area contributed by atoms with Gasteiger partial charge in [-0.3, -0.25) is 10.0 Å². The van der Waals surface area contributed by atoms with Crippen LogP contribution >= 0.6 is 0 Å². The van der Waals surface area contributed by atoms with Crippen molar-refractivity contribution in [1.29, 1.82) is 0 Å².